The predicted octanol–water partition coefficient (Wildman–Crippen LogP) is 2.61. The molecule has 0 unspecified atom stereocenters. The van der Waals surface area contributed by atoms with Crippen LogP contribution in [0.25, 0.3) is 0 Å². The SMILES string of the molecule is CCOC(=O)OCCC(SC(=O)OCC)=C(C)N(C=O)Cc1cnc(C)nc1N.Cl.O. The molecule has 13 heteroatoms. The number of thioether (sulfide) groups is 1. The summed E-state index contributed by atoms with van der Waals surface area (Å²) in [7, 11) is 0. The van der Waals surface area contributed by atoms with Gasteiger partial charge in [-0.05, 0) is 39.5 Å². The van der Waals surface area contributed by atoms with Crippen LogP contribution in [0.15, 0.2) is 16.8 Å². The van der Waals surface area contributed by atoms with Gasteiger partial charge in [0.1, 0.15) is 11.6 Å². The maximum Gasteiger partial charge on any atom is 0.508 e. The summed E-state index contributed by atoms with van der Waals surface area (Å²) in [5.41, 5.74) is 6.95. The second-order valence-corrected chi connectivity index (χ2v) is 6.67. The number of carbonyl (C=O) groups excluding carboxylic acids is 3. The average Bonchev–Trinajstić information content (AvgIpc) is 2.66. The zero-order chi connectivity index (χ0) is 21.8. The van der Waals surface area contributed by atoms with Gasteiger partial charge in [-0.15, -0.1) is 12.4 Å². The van der Waals surface area contributed by atoms with Crippen LogP contribution < -0.4 is 5.73 Å². The minimum atomic E-state index is -0.803. The van der Waals surface area contributed by atoms with Gasteiger partial charge in [-0.2, -0.15) is 0 Å². The van der Waals surface area contributed by atoms with Crippen molar-refractivity contribution in [1.29, 1.82) is 0 Å². The van der Waals surface area contributed by atoms with E-state index in [4.69, 9.17) is 19.9 Å². The fourth-order valence-corrected chi connectivity index (χ4v) is 2.98. The van der Waals surface area contributed by atoms with Crippen LogP contribution in [0.1, 0.15) is 38.6 Å². The highest BCUT2D eigenvalue weighted by Crippen LogP contribution is 2.28. The minimum absolute atomic E-state index is 0. The second-order valence-electron chi connectivity index (χ2n) is 5.64. The molecular formula is C18H29ClN4O7S. The molecule has 176 valence electrons. The third kappa shape index (κ3) is 10.9. The zero-order valence-electron chi connectivity index (χ0n) is 17.9. The Morgan fingerprint density at radius 2 is 1.87 bits per heavy atom. The molecule has 0 fully saturated rings. The summed E-state index contributed by atoms with van der Waals surface area (Å²) in [4.78, 5) is 45.0. The van der Waals surface area contributed by atoms with E-state index in [-0.39, 0.29) is 56.5 Å². The standard InChI is InChI=1S/C18H26N4O6S.ClH.H2O/c1-5-26-17(24)28-8-7-15(29-18(25)27-6-2)12(3)22(11-23)10-14-9-20-13(4)21-16(14)19;;/h9,11H,5-8,10H2,1-4H3,(H2,19,20,21);1H;1H2. The largest absolute Gasteiger partial charge is 0.508 e. The van der Waals surface area contributed by atoms with Gasteiger partial charge in [-0.3, -0.25) is 4.79 Å². The number of aromatic nitrogens is 2. The molecule has 1 amide bonds. The molecule has 0 radical (unpaired) electrons. The van der Waals surface area contributed by atoms with Gasteiger partial charge in [0.15, 0.2) is 0 Å². The van der Waals surface area contributed by atoms with Crippen molar-refractivity contribution in [2.45, 2.75) is 40.7 Å². The Morgan fingerprint density at radius 3 is 2.42 bits per heavy atom. The highest BCUT2D eigenvalue weighted by molar-refractivity contribution is 8.16. The van der Waals surface area contributed by atoms with Crippen LogP contribution in [0.3, 0.4) is 0 Å². The fraction of sp³-hybridized carbons (Fsp3) is 0.500. The van der Waals surface area contributed by atoms with E-state index >= 15 is 0 Å². The highest BCUT2D eigenvalue weighted by atomic mass is 35.5. The average molecular weight is 481 g/mol. The lowest BCUT2D eigenvalue weighted by molar-refractivity contribution is -0.116. The molecule has 1 heterocycles. The molecule has 31 heavy (non-hydrogen) atoms. The number of amides is 1. The summed E-state index contributed by atoms with van der Waals surface area (Å²) in [6.07, 6.45) is 1.55. The molecule has 0 aliphatic rings. The summed E-state index contributed by atoms with van der Waals surface area (Å²) in [6.45, 7) is 7.23. The van der Waals surface area contributed by atoms with Crippen LogP contribution >= 0.6 is 24.2 Å². The second kappa shape index (κ2) is 16.2. The lowest BCUT2D eigenvalue weighted by Crippen LogP contribution is -2.22. The van der Waals surface area contributed by atoms with Gasteiger partial charge in [0, 0.05) is 28.8 Å². The summed E-state index contributed by atoms with van der Waals surface area (Å²) >= 11 is 0.827. The first-order chi connectivity index (χ1) is 13.8. The topological polar surface area (TPSA) is 165 Å². The van der Waals surface area contributed by atoms with Crippen molar-refractivity contribution in [3.8, 4) is 0 Å². The number of rotatable bonds is 10. The lowest BCUT2D eigenvalue weighted by atomic mass is 10.2. The first-order valence-electron chi connectivity index (χ1n) is 8.96. The number of carbonyl (C=O) groups is 3. The Morgan fingerprint density at radius 1 is 1.23 bits per heavy atom. The van der Waals surface area contributed by atoms with Crippen molar-refractivity contribution in [2.24, 2.45) is 0 Å². The number of nitrogens with zero attached hydrogens (tertiary/aromatic N) is 3. The van der Waals surface area contributed by atoms with Gasteiger partial charge in [-0.1, -0.05) is 0 Å². The molecule has 0 aliphatic heterocycles. The number of nitrogens with two attached hydrogens (primary N) is 1. The molecule has 1 rings (SSSR count). The first-order valence-corrected chi connectivity index (χ1v) is 9.77. The van der Waals surface area contributed by atoms with E-state index in [0.717, 1.165) is 11.8 Å². The van der Waals surface area contributed by atoms with Crippen LogP contribution in [-0.4, -0.2) is 58.0 Å². The predicted molar refractivity (Wildman–Crippen MR) is 119 cm³/mol. The van der Waals surface area contributed by atoms with E-state index in [1.54, 1.807) is 33.9 Å². The quantitative estimate of drug-likeness (QED) is 0.388. The molecule has 0 atom stereocenters. The van der Waals surface area contributed by atoms with Crippen LogP contribution in [-0.2, 0) is 25.5 Å². The van der Waals surface area contributed by atoms with Crippen molar-refractivity contribution >= 4 is 47.9 Å². The number of aryl methyl sites for hydroxylation is 1. The van der Waals surface area contributed by atoms with Gasteiger partial charge in [0.2, 0.25) is 6.41 Å². The number of hydrogen-bond acceptors (Lipinski definition) is 10. The fourth-order valence-electron chi connectivity index (χ4n) is 2.15. The molecule has 4 N–H and O–H groups in total. The maximum atomic E-state index is 11.9. The summed E-state index contributed by atoms with van der Waals surface area (Å²) in [6, 6.07) is 0. The number of hydrogen-bond donors (Lipinski definition) is 1. The Bertz CT molecular complexity index is 764. The van der Waals surface area contributed by atoms with E-state index in [9.17, 15) is 14.4 Å². The Labute approximate surface area is 191 Å². The molecule has 0 saturated carbocycles. The van der Waals surface area contributed by atoms with E-state index in [2.05, 4.69) is 9.97 Å². The van der Waals surface area contributed by atoms with Crippen molar-refractivity contribution in [3.63, 3.8) is 0 Å². The van der Waals surface area contributed by atoms with Gasteiger partial charge < -0.3 is 30.3 Å². The van der Waals surface area contributed by atoms with Gasteiger partial charge in [0.25, 0.3) is 0 Å². The zero-order valence-corrected chi connectivity index (χ0v) is 19.5. The molecule has 0 aromatic carbocycles. The van der Waals surface area contributed by atoms with Crippen molar-refractivity contribution in [3.05, 3.63) is 28.2 Å². The maximum absolute atomic E-state index is 11.9. The normalized spacial score (nSPS) is 10.6. The number of anilines is 1. The molecule has 1 aromatic heterocycles. The van der Waals surface area contributed by atoms with E-state index in [0.29, 0.717) is 28.4 Å². The van der Waals surface area contributed by atoms with E-state index < -0.39 is 11.5 Å². The Kier molecular flexibility index (Phi) is 16.0. The van der Waals surface area contributed by atoms with Gasteiger partial charge in [-0.25, -0.2) is 19.6 Å². The number of allylic oxidation sites excluding steroid dienone is 1. The summed E-state index contributed by atoms with van der Waals surface area (Å²) < 4.78 is 14.6. The molecule has 11 nitrogen and oxygen atoms in total. The van der Waals surface area contributed by atoms with Crippen molar-refractivity contribution in [1.82, 2.24) is 14.9 Å². The molecular weight excluding hydrogens is 452 g/mol. The molecule has 0 spiro atoms. The van der Waals surface area contributed by atoms with E-state index in [1.807, 2.05) is 0 Å². The third-order valence-corrected chi connectivity index (χ3v) is 4.63. The summed E-state index contributed by atoms with van der Waals surface area (Å²) in [5, 5.41) is -0.526. The monoisotopic (exact) mass is 480 g/mol. The van der Waals surface area contributed by atoms with Crippen LogP contribution in [0.2, 0.25) is 0 Å². The van der Waals surface area contributed by atoms with Gasteiger partial charge in [0.05, 0.1) is 26.4 Å². The molecule has 0 saturated heterocycles. The van der Waals surface area contributed by atoms with Crippen molar-refractivity contribution < 1.29 is 34.1 Å². The minimum Gasteiger partial charge on any atom is -0.458 e. The lowest BCUT2D eigenvalue weighted by Gasteiger charge is -2.22. The molecule has 0 bridgehead atoms. The Hall–Kier alpha value is -2.57. The molecule has 0 aliphatic carbocycles. The molecule has 1 aromatic rings. The van der Waals surface area contributed by atoms with E-state index in [1.165, 1.54) is 4.90 Å². The number of nitrogen functional groups attached to an aromatic ring is 1. The third-order valence-electron chi connectivity index (χ3n) is 3.60. The van der Waals surface area contributed by atoms with Crippen molar-refractivity contribution in [2.75, 3.05) is 25.6 Å². The smallest absolute Gasteiger partial charge is 0.458 e. The number of halogens is 1. The Balaban J connectivity index is 0. The highest BCUT2D eigenvalue weighted by Gasteiger charge is 2.18. The van der Waals surface area contributed by atoms with Gasteiger partial charge >= 0.3 is 11.5 Å². The van der Waals surface area contributed by atoms with Crippen LogP contribution in [0.4, 0.5) is 15.4 Å². The van der Waals surface area contributed by atoms with Crippen LogP contribution in [0, 0.1) is 6.92 Å². The first kappa shape index (κ1) is 30.6. The number of ether oxygens (including phenoxy) is 3. The summed E-state index contributed by atoms with van der Waals surface area (Å²) in [5.74, 6) is 0.785. The van der Waals surface area contributed by atoms with Crippen LogP contribution in [0.5, 0.6) is 0 Å².